The maximum absolute atomic E-state index is 15.0. The van der Waals surface area contributed by atoms with Gasteiger partial charge in [0.05, 0.1) is 11.2 Å². The molecule has 0 atom stereocenters. The lowest BCUT2D eigenvalue weighted by Gasteiger charge is -2.35. The van der Waals surface area contributed by atoms with Crippen molar-refractivity contribution < 1.29 is 19.1 Å². The highest BCUT2D eigenvalue weighted by molar-refractivity contribution is 5.95. The number of nitrogens with one attached hydrogen (secondary N) is 1. The number of aromatic nitrogens is 1. The summed E-state index contributed by atoms with van der Waals surface area (Å²) in [4.78, 5) is 27.5. The third kappa shape index (κ3) is 6.32. The van der Waals surface area contributed by atoms with Crippen molar-refractivity contribution in [3.05, 3.63) is 39.9 Å². The van der Waals surface area contributed by atoms with Gasteiger partial charge in [-0.1, -0.05) is 13.8 Å². The van der Waals surface area contributed by atoms with Crippen LogP contribution in [-0.4, -0.2) is 59.6 Å². The van der Waals surface area contributed by atoms with Crippen LogP contribution in [0.4, 0.5) is 10.1 Å². The van der Waals surface area contributed by atoms with Gasteiger partial charge in [-0.05, 0) is 52.8 Å². The highest BCUT2D eigenvalue weighted by Crippen LogP contribution is 2.38. The zero-order valence-electron chi connectivity index (χ0n) is 21.0. The van der Waals surface area contributed by atoms with Crippen molar-refractivity contribution in [2.75, 3.05) is 38.1 Å². The zero-order chi connectivity index (χ0) is 25.6. The minimum Gasteiger partial charge on any atom is -0.456 e. The Labute approximate surface area is 200 Å². The van der Waals surface area contributed by atoms with Crippen molar-refractivity contribution >= 4 is 22.6 Å². The van der Waals surface area contributed by atoms with Crippen LogP contribution in [0.2, 0.25) is 0 Å². The fraction of sp³-hybridized carbons (Fsp3) is 0.583. The Hall–Kier alpha value is -2.53. The first-order chi connectivity index (χ1) is 16.2. The Morgan fingerprint density at radius 3 is 2.24 bits per heavy atom. The number of rotatable bonds is 4. The SMILES string of the molecule is CC.CC(C)(C)OC(=O)c1cn(C2CC2)c2cc(N3CCN(NO)CC3)c(F)cc2c1=O.CN. The van der Waals surface area contributed by atoms with E-state index in [1.54, 1.807) is 38.0 Å². The van der Waals surface area contributed by atoms with Gasteiger partial charge >= 0.3 is 5.97 Å². The van der Waals surface area contributed by atoms with E-state index in [0.717, 1.165) is 12.8 Å². The van der Waals surface area contributed by atoms with Gasteiger partial charge in [-0.25, -0.2) is 14.2 Å². The van der Waals surface area contributed by atoms with E-state index in [9.17, 15) is 9.59 Å². The third-order valence-electron chi connectivity index (χ3n) is 5.42. The molecule has 1 saturated heterocycles. The molecule has 0 spiro atoms. The van der Waals surface area contributed by atoms with Crippen LogP contribution in [0.3, 0.4) is 0 Å². The number of piperazine rings is 1. The molecule has 4 N–H and O–H groups in total. The Kier molecular flexibility index (Phi) is 9.57. The highest BCUT2D eigenvalue weighted by Gasteiger charge is 2.30. The van der Waals surface area contributed by atoms with Crippen LogP contribution in [0.15, 0.2) is 23.1 Å². The van der Waals surface area contributed by atoms with E-state index in [4.69, 9.17) is 9.94 Å². The minimum atomic E-state index is -0.733. The normalized spacial score (nSPS) is 16.3. The maximum atomic E-state index is 15.0. The molecule has 1 aromatic carbocycles. The number of benzene rings is 1. The minimum absolute atomic E-state index is 0.0703. The third-order valence-corrected chi connectivity index (χ3v) is 5.42. The van der Waals surface area contributed by atoms with Crippen molar-refractivity contribution in [1.29, 1.82) is 0 Å². The Morgan fingerprint density at radius 2 is 1.74 bits per heavy atom. The second-order valence-electron chi connectivity index (χ2n) is 8.91. The number of halogens is 1. The van der Waals surface area contributed by atoms with Crippen LogP contribution in [0.1, 0.15) is 63.9 Å². The molecule has 1 aliphatic heterocycles. The summed E-state index contributed by atoms with van der Waals surface area (Å²) in [7, 11) is 1.50. The Balaban J connectivity index is 0.000000970. The molecule has 0 unspecified atom stereocenters. The van der Waals surface area contributed by atoms with Gasteiger partial charge in [-0.2, -0.15) is 0 Å². The average molecular weight is 480 g/mol. The summed E-state index contributed by atoms with van der Waals surface area (Å²) in [6.45, 7) is 11.3. The van der Waals surface area contributed by atoms with Crippen LogP contribution >= 0.6 is 0 Å². The first kappa shape index (κ1) is 27.7. The average Bonchev–Trinajstić information content (AvgIpc) is 3.66. The lowest BCUT2D eigenvalue weighted by Crippen LogP contribution is -2.51. The topological polar surface area (TPSA) is 113 Å². The zero-order valence-corrected chi connectivity index (χ0v) is 21.0. The van der Waals surface area contributed by atoms with Crippen molar-refractivity contribution in [2.24, 2.45) is 5.73 Å². The van der Waals surface area contributed by atoms with Gasteiger partial charge in [0.1, 0.15) is 17.0 Å². The predicted octanol–water partition coefficient (Wildman–Crippen LogP) is 3.05. The number of esters is 1. The van der Waals surface area contributed by atoms with Crippen LogP contribution in [0, 0.1) is 5.82 Å². The lowest BCUT2D eigenvalue weighted by atomic mass is 10.1. The summed E-state index contributed by atoms with van der Waals surface area (Å²) < 4.78 is 22.3. The van der Waals surface area contributed by atoms with Crippen molar-refractivity contribution in [1.82, 2.24) is 15.2 Å². The summed E-state index contributed by atoms with van der Waals surface area (Å²) in [5, 5.41) is 10.9. The van der Waals surface area contributed by atoms with Gasteiger partial charge < -0.3 is 25.1 Å². The van der Waals surface area contributed by atoms with E-state index in [1.807, 2.05) is 23.3 Å². The monoisotopic (exact) mass is 479 g/mol. The number of hydrogen-bond acceptors (Lipinski definition) is 8. The smallest absolute Gasteiger partial charge is 0.344 e. The van der Waals surface area contributed by atoms with Gasteiger partial charge in [-0.15, -0.1) is 5.59 Å². The largest absolute Gasteiger partial charge is 0.456 e. The molecule has 2 heterocycles. The lowest BCUT2D eigenvalue weighted by molar-refractivity contribution is -0.0228. The first-order valence-electron chi connectivity index (χ1n) is 11.8. The second kappa shape index (κ2) is 11.7. The molecular weight excluding hydrogens is 441 g/mol. The molecule has 190 valence electrons. The van der Waals surface area contributed by atoms with E-state index in [-0.39, 0.29) is 17.0 Å². The van der Waals surface area contributed by atoms with Crippen LogP contribution in [-0.2, 0) is 4.74 Å². The molecule has 0 radical (unpaired) electrons. The summed E-state index contributed by atoms with van der Waals surface area (Å²) in [6, 6.07) is 3.12. The van der Waals surface area contributed by atoms with E-state index in [2.05, 4.69) is 11.3 Å². The second-order valence-corrected chi connectivity index (χ2v) is 8.91. The molecule has 10 heteroatoms. The number of anilines is 1. The molecule has 2 aromatic rings. The number of fused-ring (bicyclic) bond motifs is 1. The predicted molar refractivity (Wildman–Crippen MR) is 132 cm³/mol. The van der Waals surface area contributed by atoms with Crippen LogP contribution < -0.4 is 21.7 Å². The molecule has 34 heavy (non-hydrogen) atoms. The summed E-state index contributed by atoms with van der Waals surface area (Å²) in [5.74, 6) is -1.20. The van der Waals surface area contributed by atoms with E-state index in [1.165, 1.54) is 13.1 Å². The molecule has 0 amide bonds. The summed E-state index contributed by atoms with van der Waals surface area (Å²) in [5.41, 5.74) is 6.33. The Bertz CT molecular complexity index is 1040. The standard InChI is InChI=1S/C21H27FN4O4.C2H6.CH5N/c1-21(2,3)30-20(28)15-12-26(13-4-5-13)17-11-18(16(22)10-14(17)19(15)27)24-6-8-25(23-29)9-7-24;2*1-2/h10-13,23,29H,4-9H2,1-3H3;1-2H3;2H2,1H3. The molecule has 4 rings (SSSR count). The van der Waals surface area contributed by atoms with Crippen molar-refractivity contribution in [2.45, 2.75) is 59.1 Å². The fourth-order valence-corrected chi connectivity index (χ4v) is 3.78. The molecular formula is C24H38FN5O4. The van der Waals surface area contributed by atoms with Crippen molar-refractivity contribution in [3.8, 4) is 0 Å². The molecule has 0 bridgehead atoms. The van der Waals surface area contributed by atoms with E-state index in [0.29, 0.717) is 37.4 Å². The first-order valence-corrected chi connectivity index (χ1v) is 11.8. The number of carbonyl (C=O) groups excluding carboxylic acids is 1. The highest BCUT2D eigenvalue weighted by atomic mass is 19.1. The van der Waals surface area contributed by atoms with Crippen LogP contribution in [0.25, 0.3) is 10.9 Å². The molecule has 1 aliphatic carbocycles. The number of carbonyl (C=O) groups is 1. The van der Waals surface area contributed by atoms with Crippen LogP contribution in [0.5, 0.6) is 0 Å². The van der Waals surface area contributed by atoms with Gasteiger partial charge in [0.15, 0.2) is 0 Å². The number of pyridine rings is 1. The van der Waals surface area contributed by atoms with Gasteiger partial charge in [0.2, 0.25) is 5.43 Å². The number of hydrazine groups is 1. The molecule has 2 fully saturated rings. The molecule has 1 saturated carbocycles. The number of hydrogen-bond donors (Lipinski definition) is 3. The maximum Gasteiger partial charge on any atom is 0.344 e. The van der Waals surface area contributed by atoms with Crippen molar-refractivity contribution in [3.63, 3.8) is 0 Å². The quantitative estimate of drug-likeness (QED) is 0.453. The number of nitrogens with zero attached hydrogens (tertiary/aromatic N) is 3. The van der Waals surface area contributed by atoms with E-state index < -0.39 is 22.8 Å². The van der Waals surface area contributed by atoms with E-state index >= 15 is 4.39 Å². The molecule has 1 aromatic heterocycles. The number of ether oxygens (including phenoxy) is 1. The number of nitrogens with two attached hydrogens (primary N) is 1. The Morgan fingerprint density at radius 1 is 1.15 bits per heavy atom. The van der Waals surface area contributed by atoms with Gasteiger partial charge in [-0.3, -0.25) is 4.79 Å². The van der Waals surface area contributed by atoms with Gasteiger partial charge in [0, 0.05) is 43.8 Å². The molecule has 9 nitrogen and oxygen atoms in total. The molecule has 2 aliphatic rings. The van der Waals surface area contributed by atoms with Gasteiger partial charge in [0.25, 0.3) is 0 Å². The summed E-state index contributed by atoms with van der Waals surface area (Å²) in [6.07, 6.45) is 3.45. The summed E-state index contributed by atoms with van der Waals surface area (Å²) >= 11 is 0. The fourth-order valence-electron chi connectivity index (χ4n) is 3.78.